The minimum absolute atomic E-state index is 0.202. The van der Waals surface area contributed by atoms with Crippen molar-refractivity contribution in [3.63, 3.8) is 0 Å². The van der Waals surface area contributed by atoms with E-state index in [2.05, 4.69) is 31.3 Å². The largest absolute Gasteiger partial charge is 0.353 e. The van der Waals surface area contributed by atoms with Crippen molar-refractivity contribution in [2.45, 2.75) is 45.7 Å². The van der Waals surface area contributed by atoms with Crippen molar-refractivity contribution in [1.82, 2.24) is 5.32 Å². The summed E-state index contributed by atoms with van der Waals surface area (Å²) in [6, 6.07) is 8.37. The second-order valence-electron chi connectivity index (χ2n) is 6.15. The molecule has 0 radical (unpaired) electrons. The summed E-state index contributed by atoms with van der Waals surface area (Å²) >= 11 is 5.91. The minimum Gasteiger partial charge on any atom is -0.353 e. The monoisotopic (exact) mass is 309 g/mol. The van der Waals surface area contributed by atoms with Crippen molar-refractivity contribution < 1.29 is 9.69 Å². The summed E-state index contributed by atoms with van der Waals surface area (Å²) in [7, 11) is 0. The fourth-order valence-corrected chi connectivity index (χ4v) is 2.94. The van der Waals surface area contributed by atoms with Crippen LogP contribution in [0.15, 0.2) is 24.3 Å². The number of carbonyl (C=O) groups is 1. The van der Waals surface area contributed by atoms with Gasteiger partial charge in [0, 0.05) is 35.4 Å². The van der Waals surface area contributed by atoms with Gasteiger partial charge in [0.1, 0.15) is 6.54 Å². The Labute approximate surface area is 132 Å². The van der Waals surface area contributed by atoms with E-state index in [-0.39, 0.29) is 17.9 Å². The Morgan fingerprint density at radius 1 is 1.33 bits per heavy atom. The van der Waals surface area contributed by atoms with Gasteiger partial charge in [0.2, 0.25) is 5.91 Å². The smallest absolute Gasteiger partial charge is 0.223 e. The second kappa shape index (κ2) is 7.81. The maximum atomic E-state index is 12.1. The van der Waals surface area contributed by atoms with Crippen LogP contribution in [0.25, 0.3) is 0 Å². The molecule has 0 aromatic heterocycles. The zero-order valence-corrected chi connectivity index (χ0v) is 13.7. The Bertz CT molecular complexity index is 452. The van der Waals surface area contributed by atoms with Crippen LogP contribution >= 0.6 is 11.6 Å². The van der Waals surface area contributed by atoms with E-state index in [4.69, 9.17) is 11.6 Å². The predicted octanol–water partition coefficient (Wildman–Crippen LogP) is 2.05. The first-order valence-corrected chi connectivity index (χ1v) is 8.34. The van der Waals surface area contributed by atoms with Gasteiger partial charge in [-0.25, -0.2) is 0 Å². The van der Waals surface area contributed by atoms with Crippen molar-refractivity contribution in [1.29, 1.82) is 0 Å². The third kappa shape index (κ3) is 5.01. The minimum atomic E-state index is 0.202. The first kappa shape index (κ1) is 16.3. The Kier molecular flexibility index (Phi) is 6.07. The van der Waals surface area contributed by atoms with Crippen molar-refractivity contribution in [3.05, 3.63) is 34.9 Å². The summed E-state index contributed by atoms with van der Waals surface area (Å²) < 4.78 is 0. The lowest BCUT2D eigenvalue weighted by molar-refractivity contribution is -0.919. The normalized spacial score (nSPS) is 23.6. The molecule has 0 unspecified atom stereocenters. The van der Waals surface area contributed by atoms with Gasteiger partial charge in [0.15, 0.2) is 0 Å². The van der Waals surface area contributed by atoms with Crippen molar-refractivity contribution in [2.24, 2.45) is 5.92 Å². The molecular formula is C17H26ClN2O+. The number of nitrogens with one attached hydrogen (secondary N) is 2. The van der Waals surface area contributed by atoms with Gasteiger partial charge in [0.25, 0.3) is 0 Å². The Morgan fingerprint density at radius 2 is 1.95 bits per heavy atom. The number of likely N-dealkylation sites (tertiary alicyclic amines) is 1. The zero-order valence-electron chi connectivity index (χ0n) is 13.0. The fraction of sp³-hybridized carbons (Fsp3) is 0.588. The topological polar surface area (TPSA) is 33.5 Å². The highest BCUT2D eigenvalue weighted by Gasteiger charge is 2.27. The first-order chi connectivity index (χ1) is 10.1. The molecule has 1 amide bonds. The molecule has 1 heterocycles. The summed E-state index contributed by atoms with van der Waals surface area (Å²) in [5, 5.41) is 3.89. The van der Waals surface area contributed by atoms with E-state index in [9.17, 15) is 4.79 Å². The van der Waals surface area contributed by atoms with E-state index in [1.54, 1.807) is 4.90 Å². The van der Waals surface area contributed by atoms with Gasteiger partial charge in [-0.1, -0.05) is 30.7 Å². The van der Waals surface area contributed by atoms with E-state index in [0.29, 0.717) is 0 Å². The highest BCUT2D eigenvalue weighted by atomic mass is 35.5. The number of rotatable bonds is 5. The lowest BCUT2D eigenvalue weighted by atomic mass is 9.95. The molecule has 2 rings (SSSR count). The number of halogens is 1. The molecule has 1 aromatic rings. The van der Waals surface area contributed by atoms with E-state index in [1.807, 2.05) is 12.1 Å². The predicted molar refractivity (Wildman–Crippen MR) is 86.5 cm³/mol. The van der Waals surface area contributed by atoms with Crippen LogP contribution in [0.2, 0.25) is 5.02 Å². The Balaban J connectivity index is 1.77. The number of hydrogen-bond donors (Lipinski definition) is 2. The van der Waals surface area contributed by atoms with Gasteiger partial charge in [-0.3, -0.25) is 4.79 Å². The summed E-state index contributed by atoms with van der Waals surface area (Å²) in [6.07, 6.45) is 2.97. The van der Waals surface area contributed by atoms with Crippen molar-refractivity contribution >= 4 is 17.5 Å². The third-order valence-electron chi connectivity index (χ3n) is 4.43. The van der Waals surface area contributed by atoms with Crippen LogP contribution in [-0.4, -0.2) is 25.0 Å². The first-order valence-electron chi connectivity index (χ1n) is 7.97. The standard InChI is InChI=1S/C17H25ClN2O/c1-3-13(2)19-17(21)15-8-10-20(11-9-15)12-14-4-6-16(18)7-5-14/h4-7,13,15H,3,8-12H2,1-2H3,(H,19,21)/p+1/t13-/m1/s1. The highest BCUT2D eigenvalue weighted by Crippen LogP contribution is 2.12. The van der Waals surface area contributed by atoms with Crippen LogP contribution < -0.4 is 10.2 Å². The molecule has 1 aliphatic rings. The molecule has 1 saturated heterocycles. The second-order valence-corrected chi connectivity index (χ2v) is 6.58. The molecule has 21 heavy (non-hydrogen) atoms. The van der Waals surface area contributed by atoms with Crippen LogP contribution in [0.5, 0.6) is 0 Å². The van der Waals surface area contributed by atoms with Crippen molar-refractivity contribution in [2.75, 3.05) is 13.1 Å². The molecule has 1 aliphatic heterocycles. The summed E-state index contributed by atoms with van der Waals surface area (Å²) in [5.41, 5.74) is 1.32. The Hall–Kier alpha value is -1.06. The molecule has 1 atom stereocenters. The number of carbonyl (C=O) groups excluding carboxylic acids is 1. The molecule has 116 valence electrons. The Morgan fingerprint density at radius 3 is 2.52 bits per heavy atom. The molecule has 0 spiro atoms. The van der Waals surface area contributed by atoms with Crippen LogP contribution in [0, 0.1) is 5.92 Å². The number of hydrogen-bond acceptors (Lipinski definition) is 1. The summed E-state index contributed by atoms with van der Waals surface area (Å²) in [6.45, 7) is 7.34. The molecule has 1 aromatic carbocycles. The van der Waals surface area contributed by atoms with Crippen LogP contribution in [0.3, 0.4) is 0 Å². The van der Waals surface area contributed by atoms with Gasteiger partial charge in [-0.15, -0.1) is 0 Å². The summed E-state index contributed by atoms with van der Waals surface area (Å²) in [4.78, 5) is 13.7. The number of benzene rings is 1. The molecular weight excluding hydrogens is 284 g/mol. The van der Waals surface area contributed by atoms with E-state index in [1.165, 1.54) is 5.56 Å². The molecule has 4 heteroatoms. The molecule has 0 aliphatic carbocycles. The molecule has 1 fully saturated rings. The van der Waals surface area contributed by atoms with Crippen molar-refractivity contribution in [3.8, 4) is 0 Å². The lowest BCUT2D eigenvalue weighted by Crippen LogP contribution is -3.11. The van der Waals surface area contributed by atoms with Crippen LogP contribution in [0.4, 0.5) is 0 Å². The molecule has 2 N–H and O–H groups in total. The lowest BCUT2D eigenvalue weighted by Gasteiger charge is -2.29. The molecule has 0 bridgehead atoms. The van der Waals surface area contributed by atoms with E-state index in [0.717, 1.165) is 43.9 Å². The molecule has 0 saturated carbocycles. The highest BCUT2D eigenvalue weighted by molar-refractivity contribution is 6.30. The van der Waals surface area contributed by atoms with Gasteiger partial charge >= 0.3 is 0 Å². The van der Waals surface area contributed by atoms with E-state index >= 15 is 0 Å². The van der Waals surface area contributed by atoms with Gasteiger partial charge in [-0.2, -0.15) is 0 Å². The SMILES string of the molecule is CC[C@@H](C)NC(=O)C1CC[NH+](Cc2ccc(Cl)cc2)CC1. The van der Waals surface area contributed by atoms with Crippen LogP contribution in [0.1, 0.15) is 38.7 Å². The van der Waals surface area contributed by atoms with Gasteiger partial charge in [-0.05, 0) is 25.5 Å². The molecule has 3 nitrogen and oxygen atoms in total. The van der Waals surface area contributed by atoms with Gasteiger partial charge < -0.3 is 10.2 Å². The summed E-state index contributed by atoms with van der Waals surface area (Å²) in [5.74, 6) is 0.447. The van der Waals surface area contributed by atoms with Gasteiger partial charge in [0.05, 0.1) is 13.1 Å². The quantitative estimate of drug-likeness (QED) is 0.857. The number of piperidine rings is 1. The van der Waals surface area contributed by atoms with Crippen LogP contribution in [-0.2, 0) is 11.3 Å². The third-order valence-corrected chi connectivity index (χ3v) is 4.68. The maximum Gasteiger partial charge on any atom is 0.223 e. The zero-order chi connectivity index (χ0) is 15.2. The fourth-order valence-electron chi connectivity index (χ4n) is 2.82. The average Bonchev–Trinajstić information content (AvgIpc) is 2.50. The number of amides is 1. The number of quaternary nitrogens is 1. The maximum absolute atomic E-state index is 12.1. The van der Waals surface area contributed by atoms with E-state index < -0.39 is 0 Å². The average molecular weight is 310 g/mol.